The number of rotatable bonds is 14. The lowest BCUT2D eigenvalue weighted by atomic mass is 10.1. The molecule has 1 atom stereocenters. The summed E-state index contributed by atoms with van der Waals surface area (Å²) in [5, 5.41) is 21.2. The number of carbonyl (C=O) groups is 5. The highest BCUT2D eigenvalue weighted by Crippen LogP contribution is 2.37. The molecule has 0 unspecified atom stereocenters. The Morgan fingerprint density at radius 1 is 0.804 bits per heavy atom. The van der Waals surface area contributed by atoms with Gasteiger partial charge in [0.25, 0.3) is 0 Å². The molecule has 2 aromatic rings. The number of carboxylic acids is 1. The van der Waals surface area contributed by atoms with Crippen LogP contribution in [0.4, 0.5) is 0 Å². The van der Waals surface area contributed by atoms with Gasteiger partial charge in [-0.25, -0.2) is 9.59 Å². The average molecular weight is 1090 g/mol. The summed E-state index contributed by atoms with van der Waals surface area (Å²) in [5.41, 5.74) is 0.744. The van der Waals surface area contributed by atoms with Crippen LogP contribution in [0.1, 0.15) is 5.56 Å². The number of aromatic hydroxyl groups is 1. The summed E-state index contributed by atoms with van der Waals surface area (Å²) in [4.78, 5) is 63.3. The summed E-state index contributed by atoms with van der Waals surface area (Å²) < 4.78 is 24.0. The Kier molecular flexibility index (Phi) is 15.7. The third-order valence-electron chi connectivity index (χ3n) is 6.42. The highest BCUT2D eigenvalue weighted by molar-refractivity contribution is 14.1. The average Bonchev–Trinajstić information content (AvgIpc) is 3.00. The van der Waals surface area contributed by atoms with Crippen molar-refractivity contribution in [3.63, 3.8) is 0 Å². The number of amides is 3. The standard InChI is InChI=1S/C28H29I4N3O11/c1-43-28(42)21(8-15-6-19(31)27(20(32)7-15)46-16-9-17(29)26(41)18(30)10-16)33-22(36)11-44-12-23(37)34-2-4-35(5-3-34)24(38)13-45-14-25(39)40/h6-7,9-10,21,41H,2-5,8,11-14H2,1H3,(H,33,36)(H,39,40)/t21-/m0/s1. The van der Waals surface area contributed by atoms with Crippen LogP contribution in [0.25, 0.3) is 0 Å². The number of nitrogens with one attached hydrogen (secondary N) is 1. The Morgan fingerprint density at radius 2 is 1.30 bits per heavy atom. The third kappa shape index (κ3) is 11.7. The van der Waals surface area contributed by atoms with E-state index in [1.807, 2.05) is 57.3 Å². The van der Waals surface area contributed by atoms with Crippen molar-refractivity contribution in [2.75, 3.05) is 59.7 Å². The minimum Gasteiger partial charge on any atom is -0.506 e. The SMILES string of the molecule is COC(=O)[C@H](Cc1cc(I)c(Oc2cc(I)c(O)c(I)c2)c(I)c1)NC(=O)COCC(=O)N1CCN(C(=O)COCC(=O)O)CC1. The maximum Gasteiger partial charge on any atom is 0.329 e. The van der Waals surface area contributed by atoms with E-state index < -0.39 is 37.1 Å². The lowest BCUT2D eigenvalue weighted by molar-refractivity contribution is -0.149. The van der Waals surface area contributed by atoms with Crippen LogP contribution in [0.15, 0.2) is 24.3 Å². The molecule has 1 aliphatic rings. The number of phenols is 1. The van der Waals surface area contributed by atoms with Gasteiger partial charge in [0.1, 0.15) is 44.0 Å². The van der Waals surface area contributed by atoms with E-state index >= 15 is 0 Å². The smallest absolute Gasteiger partial charge is 0.329 e. The lowest BCUT2D eigenvalue weighted by Crippen LogP contribution is -2.52. The van der Waals surface area contributed by atoms with Crippen molar-refractivity contribution in [1.29, 1.82) is 0 Å². The first-order valence-corrected chi connectivity index (χ1v) is 17.7. The van der Waals surface area contributed by atoms with Crippen LogP contribution in [0.3, 0.4) is 0 Å². The predicted molar refractivity (Wildman–Crippen MR) is 196 cm³/mol. The van der Waals surface area contributed by atoms with Gasteiger partial charge < -0.3 is 44.3 Å². The number of methoxy groups -OCH3 is 1. The van der Waals surface area contributed by atoms with Crippen LogP contribution in [0, 0.1) is 14.3 Å². The highest BCUT2D eigenvalue weighted by Gasteiger charge is 2.26. The van der Waals surface area contributed by atoms with Crippen LogP contribution in [0.5, 0.6) is 17.2 Å². The van der Waals surface area contributed by atoms with E-state index in [0.717, 1.165) is 12.7 Å². The third-order valence-corrected chi connectivity index (χ3v) is 9.67. The first-order chi connectivity index (χ1) is 21.8. The number of esters is 1. The minimum absolute atomic E-state index is 0.128. The van der Waals surface area contributed by atoms with Crippen LogP contribution in [-0.2, 0) is 44.6 Å². The van der Waals surface area contributed by atoms with Gasteiger partial charge in [0, 0.05) is 32.6 Å². The molecule has 1 fully saturated rings. The Hall–Kier alpha value is -1.77. The normalized spacial score (nSPS) is 13.6. The van der Waals surface area contributed by atoms with Gasteiger partial charge in [-0.2, -0.15) is 0 Å². The van der Waals surface area contributed by atoms with E-state index in [-0.39, 0.29) is 63.4 Å². The highest BCUT2D eigenvalue weighted by atomic mass is 127. The maximum absolute atomic E-state index is 12.6. The number of nitrogens with zero attached hydrogens (tertiary/aromatic N) is 2. The van der Waals surface area contributed by atoms with E-state index in [0.29, 0.717) is 18.6 Å². The summed E-state index contributed by atoms with van der Waals surface area (Å²) in [5.74, 6) is -1.80. The quantitative estimate of drug-likeness (QED) is 0.187. The van der Waals surface area contributed by atoms with Crippen molar-refractivity contribution in [1.82, 2.24) is 15.1 Å². The van der Waals surface area contributed by atoms with Crippen molar-refractivity contribution in [3.8, 4) is 17.2 Å². The molecule has 2 aromatic carbocycles. The molecule has 0 aromatic heterocycles. The van der Waals surface area contributed by atoms with E-state index in [1.54, 1.807) is 12.1 Å². The first kappa shape index (κ1) is 38.7. The van der Waals surface area contributed by atoms with Gasteiger partial charge in [-0.3, -0.25) is 14.4 Å². The summed E-state index contributed by atoms with van der Waals surface area (Å²) >= 11 is 8.32. The van der Waals surface area contributed by atoms with Gasteiger partial charge >= 0.3 is 11.9 Å². The first-order valence-electron chi connectivity index (χ1n) is 13.4. The van der Waals surface area contributed by atoms with E-state index in [1.165, 1.54) is 16.9 Å². The Bertz CT molecular complexity index is 1420. The number of ether oxygens (including phenoxy) is 4. The number of halogens is 4. The zero-order chi connectivity index (χ0) is 34.0. The topological polar surface area (TPSA) is 181 Å². The lowest BCUT2D eigenvalue weighted by Gasteiger charge is -2.34. The molecule has 0 spiro atoms. The fraction of sp³-hybridized carbons (Fsp3) is 0.393. The molecule has 1 aliphatic heterocycles. The van der Waals surface area contributed by atoms with Gasteiger partial charge in [-0.1, -0.05) is 0 Å². The van der Waals surface area contributed by atoms with E-state index in [4.69, 9.17) is 24.1 Å². The Balaban J connectivity index is 1.50. The van der Waals surface area contributed by atoms with Crippen molar-refractivity contribution in [2.45, 2.75) is 12.5 Å². The van der Waals surface area contributed by atoms with Crippen LogP contribution in [-0.4, -0.2) is 115 Å². The van der Waals surface area contributed by atoms with Crippen LogP contribution >= 0.6 is 90.4 Å². The number of carbonyl (C=O) groups excluding carboxylic acids is 4. The van der Waals surface area contributed by atoms with Gasteiger partial charge in [0.05, 0.1) is 21.4 Å². The zero-order valence-corrected chi connectivity index (χ0v) is 32.9. The molecule has 1 saturated heterocycles. The van der Waals surface area contributed by atoms with Gasteiger partial charge in [0.2, 0.25) is 17.7 Å². The van der Waals surface area contributed by atoms with Gasteiger partial charge in [0.15, 0.2) is 5.75 Å². The van der Waals surface area contributed by atoms with Crippen LogP contribution in [0.2, 0.25) is 0 Å². The van der Waals surface area contributed by atoms with Crippen molar-refractivity contribution in [2.24, 2.45) is 0 Å². The summed E-state index contributed by atoms with van der Waals surface area (Å²) in [6.45, 7) is -0.765. The predicted octanol–water partition coefficient (Wildman–Crippen LogP) is 2.59. The molecule has 3 rings (SSSR count). The molecule has 46 heavy (non-hydrogen) atoms. The van der Waals surface area contributed by atoms with Crippen LogP contribution < -0.4 is 10.1 Å². The molecular weight excluding hydrogens is 1060 g/mol. The molecular formula is C28H29I4N3O11. The number of benzene rings is 2. The number of aliphatic carboxylic acids is 1. The molecule has 3 N–H and O–H groups in total. The monoisotopic (exact) mass is 1090 g/mol. The maximum atomic E-state index is 12.6. The molecule has 0 aliphatic carbocycles. The van der Waals surface area contributed by atoms with Gasteiger partial charge in [-0.15, -0.1) is 0 Å². The number of hydrogen-bond donors (Lipinski definition) is 3. The number of phenolic OH excluding ortho intramolecular Hbond substituents is 1. The molecule has 0 saturated carbocycles. The largest absolute Gasteiger partial charge is 0.506 e. The van der Waals surface area contributed by atoms with Gasteiger partial charge in [-0.05, 0) is 120 Å². The summed E-state index contributed by atoms with van der Waals surface area (Å²) in [6.07, 6.45) is 0.128. The molecule has 1 heterocycles. The second kappa shape index (κ2) is 18.7. The fourth-order valence-corrected chi connectivity index (χ4v) is 8.03. The van der Waals surface area contributed by atoms with Crippen molar-refractivity contribution in [3.05, 3.63) is 44.1 Å². The zero-order valence-electron chi connectivity index (χ0n) is 24.2. The Morgan fingerprint density at radius 3 is 1.78 bits per heavy atom. The van der Waals surface area contributed by atoms with Crippen molar-refractivity contribution >= 4 is 120 Å². The van der Waals surface area contributed by atoms with Crippen molar-refractivity contribution < 1.29 is 53.1 Å². The second-order valence-electron chi connectivity index (χ2n) is 9.71. The number of piperazine rings is 1. The number of carboxylic acid groups (broad SMARTS) is 1. The Labute approximate surface area is 318 Å². The van der Waals surface area contributed by atoms with E-state index in [2.05, 4.69) is 50.5 Å². The molecule has 250 valence electrons. The molecule has 3 amide bonds. The second-order valence-corrected chi connectivity index (χ2v) is 14.4. The fourth-order valence-electron chi connectivity index (χ4n) is 4.20. The molecule has 0 bridgehead atoms. The number of hydrogen-bond acceptors (Lipinski definition) is 10. The summed E-state index contributed by atoms with van der Waals surface area (Å²) in [7, 11) is 1.22. The minimum atomic E-state index is -1.17. The molecule has 0 radical (unpaired) electrons. The van der Waals surface area contributed by atoms with E-state index in [9.17, 15) is 29.1 Å². The summed E-state index contributed by atoms with van der Waals surface area (Å²) in [6, 6.07) is 6.11. The molecule has 18 heteroatoms. The molecule has 14 nitrogen and oxygen atoms in total.